The second kappa shape index (κ2) is 8.12. The third-order valence-corrected chi connectivity index (χ3v) is 3.28. The van der Waals surface area contributed by atoms with E-state index in [2.05, 4.69) is 20.6 Å². The first kappa shape index (κ1) is 20.3. The van der Waals surface area contributed by atoms with Crippen molar-refractivity contribution >= 4 is 23.1 Å². The number of halogens is 4. The van der Waals surface area contributed by atoms with E-state index in [4.69, 9.17) is 0 Å². The molecule has 8 nitrogen and oxygen atoms in total. The van der Waals surface area contributed by atoms with Crippen molar-refractivity contribution in [3.8, 4) is 0 Å². The smallest absolute Gasteiger partial charge is 0.353 e. The van der Waals surface area contributed by atoms with E-state index < -0.39 is 28.3 Å². The van der Waals surface area contributed by atoms with Gasteiger partial charge in [-0.15, -0.1) is 0 Å². The Kier molecular flexibility index (Phi) is 6.10. The molecular weight excluding hydrogens is 372 g/mol. The second-order valence-corrected chi connectivity index (χ2v) is 5.73. The first-order valence-corrected chi connectivity index (χ1v) is 7.62. The summed E-state index contributed by atoms with van der Waals surface area (Å²) in [4.78, 5) is 19.3. The number of alkyl halides is 3. The third kappa shape index (κ3) is 5.74. The molecule has 0 unspecified atom stereocenters. The summed E-state index contributed by atoms with van der Waals surface area (Å²) < 4.78 is 52.5. The molecule has 0 aliphatic carbocycles. The summed E-state index contributed by atoms with van der Waals surface area (Å²) in [5, 5.41) is 16.1. The Morgan fingerprint density at radius 3 is 2.52 bits per heavy atom. The molecule has 1 aromatic heterocycles. The molecule has 0 spiro atoms. The van der Waals surface area contributed by atoms with E-state index in [-0.39, 0.29) is 24.0 Å². The van der Waals surface area contributed by atoms with Crippen LogP contribution >= 0.6 is 0 Å². The molecule has 0 aliphatic rings. The normalized spacial score (nSPS) is 11.5. The summed E-state index contributed by atoms with van der Waals surface area (Å²) in [5.74, 6) is -1.46. The molecule has 0 radical (unpaired) electrons. The van der Waals surface area contributed by atoms with E-state index in [9.17, 15) is 27.7 Å². The number of benzene rings is 1. The molecule has 2 aromatic rings. The van der Waals surface area contributed by atoms with Crippen molar-refractivity contribution < 1.29 is 22.5 Å². The zero-order chi connectivity index (χ0) is 20.2. The minimum absolute atomic E-state index is 0.201. The second-order valence-electron chi connectivity index (χ2n) is 5.73. The zero-order valence-electron chi connectivity index (χ0n) is 14.3. The van der Waals surface area contributed by atoms with Crippen LogP contribution in [0.4, 0.5) is 40.7 Å². The molecule has 2 N–H and O–H groups in total. The van der Waals surface area contributed by atoms with Crippen LogP contribution in [0.1, 0.15) is 5.69 Å². The van der Waals surface area contributed by atoms with Crippen LogP contribution in [-0.2, 0) is 6.18 Å². The summed E-state index contributed by atoms with van der Waals surface area (Å²) in [6.45, 7) is 0.802. The van der Waals surface area contributed by atoms with Crippen LogP contribution in [0.15, 0.2) is 24.3 Å². The molecule has 0 bridgehead atoms. The SMILES string of the molecule is CN(C)CCNc1nc(Nc2ccc(F)cc2[N+](=O)[O-])cc(C(F)(F)F)n1. The van der Waals surface area contributed by atoms with E-state index in [0.29, 0.717) is 18.7 Å². The number of anilines is 3. The quantitative estimate of drug-likeness (QED) is 0.427. The summed E-state index contributed by atoms with van der Waals surface area (Å²) >= 11 is 0. The summed E-state index contributed by atoms with van der Waals surface area (Å²) in [7, 11) is 3.57. The maximum atomic E-state index is 13.2. The molecule has 0 aliphatic heterocycles. The van der Waals surface area contributed by atoms with E-state index in [1.54, 1.807) is 14.1 Å². The van der Waals surface area contributed by atoms with Gasteiger partial charge in [0.2, 0.25) is 5.95 Å². The Morgan fingerprint density at radius 2 is 1.93 bits per heavy atom. The third-order valence-electron chi connectivity index (χ3n) is 3.28. The Hall–Kier alpha value is -3.02. The molecule has 12 heteroatoms. The number of nitro groups is 1. The predicted molar refractivity (Wildman–Crippen MR) is 90.4 cm³/mol. The van der Waals surface area contributed by atoms with Crippen LogP contribution in [0.2, 0.25) is 0 Å². The van der Waals surface area contributed by atoms with Crippen molar-refractivity contribution in [2.45, 2.75) is 6.18 Å². The van der Waals surface area contributed by atoms with Crippen LogP contribution in [0.5, 0.6) is 0 Å². The van der Waals surface area contributed by atoms with Gasteiger partial charge in [-0.05, 0) is 26.2 Å². The van der Waals surface area contributed by atoms with Crippen molar-refractivity contribution in [2.24, 2.45) is 0 Å². The number of aromatic nitrogens is 2. The van der Waals surface area contributed by atoms with Crippen molar-refractivity contribution in [2.75, 3.05) is 37.8 Å². The highest BCUT2D eigenvalue weighted by Gasteiger charge is 2.34. The molecule has 2 rings (SSSR count). The first-order chi connectivity index (χ1) is 12.6. The van der Waals surface area contributed by atoms with Gasteiger partial charge < -0.3 is 15.5 Å². The summed E-state index contributed by atoms with van der Waals surface area (Å²) in [5.41, 5.74) is -2.06. The lowest BCUT2D eigenvalue weighted by Gasteiger charge is -2.14. The van der Waals surface area contributed by atoms with Crippen molar-refractivity contribution in [3.63, 3.8) is 0 Å². The monoisotopic (exact) mass is 388 g/mol. The molecule has 0 saturated heterocycles. The fourth-order valence-electron chi connectivity index (χ4n) is 2.03. The summed E-state index contributed by atoms with van der Waals surface area (Å²) in [6.07, 6.45) is -4.74. The van der Waals surface area contributed by atoms with Crippen molar-refractivity contribution in [3.05, 3.63) is 45.9 Å². The van der Waals surface area contributed by atoms with Gasteiger partial charge in [0, 0.05) is 19.2 Å². The Labute approximate surface area is 151 Å². The van der Waals surface area contributed by atoms with Crippen LogP contribution < -0.4 is 10.6 Å². The fraction of sp³-hybridized carbons (Fsp3) is 0.333. The lowest BCUT2D eigenvalue weighted by atomic mass is 10.2. The van der Waals surface area contributed by atoms with Gasteiger partial charge in [-0.2, -0.15) is 18.2 Å². The van der Waals surface area contributed by atoms with Gasteiger partial charge in [-0.25, -0.2) is 9.37 Å². The van der Waals surface area contributed by atoms with Gasteiger partial charge >= 0.3 is 6.18 Å². The van der Waals surface area contributed by atoms with Gasteiger partial charge in [0.15, 0.2) is 5.69 Å². The molecule has 0 fully saturated rings. The molecule has 146 valence electrons. The standard InChI is InChI=1S/C15H16F4N6O2/c1-24(2)6-5-20-14-22-12(15(17,18)19)8-13(23-14)21-10-4-3-9(16)7-11(10)25(26)27/h3-4,7-8H,5-6H2,1-2H3,(H2,20,21,22,23). The molecule has 0 saturated carbocycles. The zero-order valence-corrected chi connectivity index (χ0v) is 14.3. The van der Waals surface area contributed by atoms with Crippen molar-refractivity contribution in [1.82, 2.24) is 14.9 Å². The molecule has 0 amide bonds. The topological polar surface area (TPSA) is 96.2 Å². The predicted octanol–water partition coefficient (Wildman–Crippen LogP) is 3.26. The number of rotatable bonds is 7. The largest absolute Gasteiger partial charge is 0.433 e. The van der Waals surface area contributed by atoms with Gasteiger partial charge in [0.05, 0.1) is 11.0 Å². The number of likely N-dealkylation sites (N-methyl/N-ethyl adjacent to an activating group) is 1. The van der Waals surface area contributed by atoms with Gasteiger partial charge in [-0.1, -0.05) is 0 Å². The molecule has 1 heterocycles. The Morgan fingerprint density at radius 1 is 1.22 bits per heavy atom. The summed E-state index contributed by atoms with van der Waals surface area (Å²) in [6, 6.07) is 3.26. The highest BCUT2D eigenvalue weighted by atomic mass is 19.4. The minimum atomic E-state index is -4.74. The highest BCUT2D eigenvalue weighted by molar-refractivity contribution is 5.68. The van der Waals surface area contributed by atoms with E-state index in [0.717, 1.165) is 12.1 Å². The van der Waals surface area contributed by atoms with E-state index in [1.807, 2.05) is 4.90 Å². The van der Waals surface area contributed by atoms with Gasteiger partial charge in [0.1, 0.15) is 17.3 Å². The average Bonchev–Trinajstić information content (AvgIpc) is 2.55. The number of nitro benzene ring substituents is 1. The van der Waals surface area contributed by atoms with Crippen LogP contribution in [0, 0.1) is 15.9 Å². The molecule has 1 aromatic carbocycles. The lowest BCUT2D eigenvalue weighted by molar-refractivity contribution is -0.384. The number of hydrogen-bond acceptors (Lipinski definition) is 7. The number of nitrogens with one attached hydrogen (secondary N) is 2. The van der Waals surface area contributed by atoms with Crippen LogP contribution in [0.3, 0.4) is 0 Å². The van der Waals surface area contributed by atoms with E-state index >= 15 is 0 Å². The Balaban J connectivity index is 2.37. The molecule has 0 atom stereocenters. The molecule has 27 heavy (non-hydrogen) atoms. The minimum Gasteiger partial charge on any atom is -0.353 e. The maximum Gasteiger partial charge on any atom is 0.433 e. The fourth-order valence-corrected chi connectivity index (χ4v) is 2.03. The van der Waals surface area contributed by atoms with Crippen LogP contribution in [0.25, 0.3) is 0 Å². The first-order valence-electron chi connectivity index (χ1n) is 7.62. The van der Waals surface area contributed by atoms with Crippen LogP contribution in [-0.4, -0.2) is 47.0 Å². The van der Waals surface area contributed by atoms with Gasteiger partial charge in [0.25, 0.3) is 5.69 Å². The number of hydrogen-bond donors (Lipinski definition) is 2. The Bertz CT molecular complexity index is 828. The van der Waals surface area contributed by atoms with E-state index in [1.165, 1.54) is 0 Å². The van der Waals surface area contributed by atoms with Gasteiger partial charge in [-0.3, -0.25) is 10.1 Å². The molecular formula is C15H16F4N6O2. The van der Waals surface area contributed by atoms with Crippen molar-refractivity contribution in [1.29, 1.82) is 0 Å². The lowest BCUT2D eigenvalue weighted by Crippen LogP contribution is -2.22. The average molecular weight is 388 g/mol. The number of nitrogens with zero attached hydrogens (tertiary/aromatic N) is 4. The maximum absolute atomic E-state index is 13.2. The highest BCUT2D eigenvalue weighted by Crippen LogP contribution is 2.32.